The molecule has 4 rings (SSSR count). The van der Waals surface area contributed by atoms with E-state index in [9.17, 15) is 10.2 Å². The zero-order chi connectivity index (χ0) is 22.2. The number of allylic oxidation sites excluding steroid dienone is 4. The van der Waals surface area contributed by atoms with Gasteiger partial charge < -0.3 is 10.2 Å². The van der Waals surface area contributed by atoms with Gasteiger partial charge in [-0.15, -0.1) is 0 Å². The molecule has 3 fully saturated rings. The van der Waals surface area contributed by atoms with E-state index in [1.54, 1.807) is 5.57 Å². The molecule has 4 aliphatic rings. The van der Waals surface area contributed by atoms with Crippen LogP contribution in [-0.4, -0.2) is 21.9 Å². The molecule has 174 valence electrons. The molecule has 31 heavy (non-hydrogen) atoms. The highest BCUT2D eigenvalue weighted by Crippen LogP contribution is 2.60. The summed E-state index contributed by atoms with van der Waals surface area (Å²) in [7, 11) is 0. The van der Waals surface area contributed by atoms with E-state index in [2.05, 4.69) is 32.1 Å². The van der Waals surface area contributed by atoms with Crippen LogP contribution in [0.3, 0.4) is 0 Å². The van der Waals surface area contributed by atoms with E-state index in [1.807, 2.05) is 13.8 Å². The highest BCUT2D eigenvalue weighted by atomic mass is 16.3. The van der Waals surface area contributed by atoms with Crippen molar-refractivity contribution in [1.29, 1.82) is 0 Å². The van der Waals surface area contributed by atoms with Crippen LogP contribution in [-0.2, 0) is 0 Å². The Kier molecular flexibility index (Phi) is 6.90. The second kappa shape index (κ2) is 9.18. The van der Waals surface area contributed by atoms with E-state index < -0.39 is 5.60 Å². The van der Waals surface area contributed by atoms with Crippen LogP contribution in [0, 0.1) is 29.1 Å². The smallest absolute Gasteiger partial charge is 0.0790 e. The first-order valence-corrected chi connectivity index (χ1v) is 13.2. The first kappa shape index (κ1) is 23.3. The van der Waals surface area contributed by atoms with Crippen LogP contribution in [0.4, 0.5) is 0 Å². The molecule has 2 N–H and O–H groups in total. The van der Waals surface area contributed by atoms with Crippen molar-refractivity contribution in [2.24, 2.45) is 29.1 Å². The Morgan fingerprint density at radius 3 is 2.77 bits per heavy atom. The minimum absolute atomic E-state index is 0.233. The fourth-order valence-electron chi connectivity index (χ4n) is 7.81. The second-order valence-corrected chi connectivity index (χ2v) is 12.2. The largest absolute Gasteiger partial charge is 0.390 e. The van der Waals surface area contributed by atoms with Gasteiger partial charge in [0.25, 0.3) is 0 Å². The summed E-state index contributed by atoms with van der Waals surface area (Å²) in [5, 5.41) is 20.6. The molecule has 0 bridgehead atoms. The van der Waals surface area contributed by atoms with Gasteiger partial charge >= 0.3 is 0 Å². The van der Waals surface area contributed by atoms with E-state index in [-0.39, 0.29) is 6.10 Å². The van der Waals surface area contributed by atoms with E-state index in [1.165, 1.54) is 56.1 Å². The number of rotatable bonds is 6. The van der Waals surface area contributed by atoms with Gasteiger partial charge in [0.15, 0.2) is 0 Å². The van der Waals surface area contributed by atoms with Gasteiger partial charge in [-0.05, 0) is 113 Å². The fourth-order valence-corrected chi connectivity index (χ4v) is 7.81. The maximum Gasteiger partial charge on any atom is 0.0790 e. The van der Waals surface area contributed by atoms with Crippen molar-refractivity contribution in [3.8, 4) is 0 Å². The molecule has 0 saturated heterocycles. The van der Waals surface area contributed by atoms with Gasteiger partial charge in [-0.2, -0.15) is 0 Å². The highest BCUT2D eigenvalue weighted by Gasteiger charge is 2.50. The molecule has 0 spiro atoms. The van der Waals surface area contributed by atoms with Crippen LogP contribution in [0.1, 0.15) is 105 Å². The standard InChI is InChI=1S/C29H46O2/c1-20(8-6-16-28(2,3)31)25-14-15-26-22(10-7-17-29(25,26)4)13-12-21-18-23-9-5-11-24(23)27(30)19-21/h11-13,20,23,25-27,30-31H,5-10,14-19H2,1-4H3. The molecule has 2 nitrogen and oxygen atoms in total. The molecule has 0 aliphatic heterocycles. The average molecular weight is 427 g/mol. The SMILES string of the molecule is CC(CCCC(C)(C)O)C1CCC2C(=CC=C3CC(O)C4=CCCC4C3)CCCC21C. The molecule has 6 unspecified atom stereocenters. The summed E-state index contributed by atoms with van der Waals surface area (Å²) < 4.78 is 0. The Morgan fingerprint density at radius 1 is 1.19 bits per heavy atom. The predicted octanol–water partition coefficient (Wildman–Crippen LogP) is 7.12. The first-order valence-electron chi connectivity index (χ1n) is 13.2. The molecular formula is C29H46O2. The number of fused-ring (bicyclic) bond motifs is 2. The van der Waals surface area contributed by atoms with Crippen molar-refractivity contribution in [3.05, 3.63) is 34.9 Å². The molecule has 2 heteroatoms. The van der Waals surface area contributed by atoms with Crippen molar-refractivity contribution in [1.82, 2.24) is 0 Å². The van der Waals surface area contributed by atoms with Crippen LogP contribution in [0.25, 0.3) is 0 Å². The van der Waals surface area contributed by atoms with Gasteiger partial charge in [0.1, 0.15) is 0 Å². The van der Waals surface area contributed by atoms with Crippen molar-refractivity contribution in [3.63, 3.8) is 0 Å². The summed E-state index contributed by atoms with van der Waals surface area (Å²) in [5.74, 6) is 2.91. The summed E-state index contributed by atoms with van der Waals surface area (Å²) in [5.41, 5.74) is 4.40. The minimum Gasteiger partial charge on any atom is -0.390 e. The van der Waals surface area contributed by atoms with Gasteiger partial charge in [0.05, 0.1) is 11.7 Å². The molecule has 0 aromatic rings. The zero-order valence-corrected chi connectivity index (χ0v) is 20.5. The van der Waals surface area contributed by atoms with Crippen molar-refractivity contribution < 1.29 is 10.2 Å². The van der Waals surface area contributed by atoms with E-state index >= 15 is 0 Å². The Balaban J connectivity index is 1.42. The van der Waals surface area contributed by atoms with Crippen LogP contribution >= 0.6 is 0 Å². The lowest BCUT2D eigenvalue weighted by Gasteiger charge is -2.44. The number of aliphatic hydroxyl groups is 2. The van der Waals surface area contributed by atoms with Crippen molar-refractivity contribution in [2.45, 2.75) is 116 Å². The first-order chi connectivity index (χ1) is 14.7. The average Bonchev–Trinajstić information content (AvgIpc) is 3.29. The van der Waals surface area contributed by atoms with E-state index in [0.29, 0.717) is 11.3 Å². The monoisotopic (exact) mass is 426 g/mol. The number of aliphatic hydroxyl groups excluding tert-OH is 1. The lowest BCUT2D eigenvalue weighted by atomic mass is 9.60. The third kappa shape index (κ3) is 5.06. The highest BCUT2D eigenvalue weighted by molar-refractivity contribution is 5.31. The van der Waals surface area contributed by atoms with Crippen molar-refractivity contribution in [2.75, 3.05) is 0 Å². The van der Waals surface area contributed by atoms with Gasteiger partial charge in [0, 0.05) is 0 Å². The molecule has 0 amide bonds. The van der Waals surface area contributed by atoms with Gasteiger partial charge in [-0.25, -0.2) is 0 Å². The summed E-state index contributed by atoms with van der Waals surface area (Å²) >= 11 is 0. The minimum atomic E-state index is -0.530. The Bertz CT molecular complexity index is 736. The van der Waals surface area contributed by atoms with Crippen LogP contribution in [0.15, 0.2) is 34.9 Å². The van der Waals surface area contributed by atoms with Gasteiger partial charge in [0.2, 0.25) is 0 Å². The molecule has 6 atom stereocenters. The summed E-state index contributed by atoms with van der Waals surface area (Å²) in [6.07, 6.45) is 21.3. The normalized spacial score (nSPS) is 39.5. The van der Waals surface area contributed by atoms with Crippen LogP contribution in [0.5, 0.6) is 0 Å². The van der Waals surface area contributed by atoms with Gasteiger partial charge in [-0.3, -0.25) is 0 Å². The zero-order valence-electron chi connectivity index (χ0n) is 20.5. The summed E-state index contributed by atoms with van der Waals surface area (Å²) in [6, 6.07) is 0. The van der Waals surface area contributed by atoms with Crippen LogP contribution in [0.2, 0.25) is 0 Å². The molecule has 0 heterocycles. The molecule has 0 radical (unpaired) electrons. The fraction of sp³-hybridized carbons (Fsp3) is 0.793. The Hall–Kier alpha value is -0.860. The Labute approximate surface area is 190 Å². The molecule has 4 aliphatic carbocycles. The van der Waals surface area contributed by atoms with Crippen molar-refractivity contribution >= 4 is 0 Å². The van der Waals surface area contributed by atoms with E-state index in [0.717, 1.165) is 49.9 Å². The third-order valence-electron chi connectivity index (χ3n) is 9.42. The lowest BCUT2D eigenvalue weighted by Crippen LogP contribution is -2.36. The summed E-state index contributed by atoms with van der Waals surface area (Å²) in [6.45, 7) is 8.93. The maximum atomic E-state index is 10.5. The third-order valence-corrected chi connectivity index (χ3v) is 9.42. The quantitative estimate of drug-likeness (QED) is 0.444. The molecule has 3 saturated carbocycles. The Morgan fingerprint density at radius 2 is 2.00 bits per heavy atom. The molecular weight excluding hydrogens is 380 g/mol. The summed E-state index contributed by atoms with van der Waals surface area (Å²) in [4.78, 5) is 0. The van der Waals surface area contributed by atoms with Crippen LogP contribution < -0.4 is 0 Å². The number of hydrogen-bond donors (Lipinski definition) is 2. The predicted molar refractivity (Wildman–Crippen MR) is 130 cm³/mol. The molecule has 0 aromatic heterocycles. The maximum absolute atomic E-state index is 10.5. The lowest BCUT2D eigenvalue weighted by molar-refractivity contribution is 0.0596. The van der Waals surface area contributed by atoms with E-state index in [4.69, 9.17) is 0 Å². The van der Waals surface area contributed by atoms with Gasteiger partial charge in [-0.1, -0.05) is 56.1 Å². The molecule has 0 aromatic carbocycles. The topological polar surface area (TPSA) is 40.5 Å². The second-order valence-electron chi connectivity index (χ2n) is 12.2. The number of hydrogen-bond acceptors (Lipinski definition) is 2.